The van der Waals surface area contributed by atoms with Gasteiger partial charge in [0.25, 0.3) is 0 Å². The minimum atomic E-state index is -0.615. The molecule has 0 radical (unpaired) electrons. The fourth-order valence-electron chi connectivity index (χ4n) is 2.05. The lowest BCUT2D eigenvalue weighted by Crippen LogP contribution is -2.31. The van der Waals surface area contributed by atoms with Gasteiger partial charge in [-0.05, 0) is 31.5 Å². The van der Waals surface area contributed by atoms with E-state index in [0.717, 1.165) is 12.1 Å². The summed E-state index contributed by atoms with van der Waals surface area (Å²) in [6.45, 7) is 4.58. The topological polar surface area (TPSA) is 114 Å². The maximum atomic E-state index is 12.0. The van der Waals surface area contributed by atoms with E-state index in [9.17, 15) is 9.59 Å². The number of hydrogen-bond donors (Lipinski definition) is 4. The Morgan fingerprint density at radius 1 is 1.22 bits per heavy atom. The third-order valence-corrected chi connectivity index (χ3v) is 3.24. The van der Waals surface area contributed by atoms with Crippen molar-refractivity contribution < 1.29 is 9.59 Å². The number of rotatable bonds is 5. The molecular formula is C15H20N6O2. The van der Waals surface area contributed by atoms with Crippen molar-refractivity contribution in [1.29, 1.82) is 0 Å². The SMILES string of the molecule is CCn1cc(NC(=O)N[C@@H](C)c2ccc(NC(N)=O)cc2)cn1. The van der Waals surface area contributed by atoms with Gasteiger partial charge in [0.1, 0.15) is 0 Å². The zero-order valence-electron chi connectivity index (χ0n) is 13.0. The number of primary amides is 1. The van der Waals surface area contributed by atoms with Crippen LogP contribution in [0.3, 0.4) is 0 Å². The van der Waals surface area contributed by atoms with Crippen LogP contribution in [-0.2, 0) is 6.54 Å². The Labute approximate surface area is 134 Å². The minimum absolute atomic E-state index is 0.196. The van der Waals surface area contributed by atoms with Crippen molar-refractivity contribution in [2.45, 2.75) is 26.4 Å². The highest BCUT2D eigenvalue weighted by atomic mass is 16.2. The van der Waals surface area contributed by atoms with Crippen molar-refractivity contribution >= 4 is 23.4 Å². The predicted molar refractivity (Wildman–Crippen MR) is 88.1 cm³/mol. The van der Waals surface area contributed by atoms with Crippen LogP contribution in [0, 0.1) is 0 Å². The summed E-state index contributed by atoms with van der Waals surface area (Å²) in [4.78, 5) is 22.7. The summed E-state index contributed by atoms with van der Waals surface area (Å²) < 4.78 is 1.73. The van der Waals surface area contributed by atoms with E-state index in [-0.39, 0.29) is 12.1 Å². The number of amides is 4. The molecule has 1 heterocycles. The van der Waals surface area contributed by atoms with Gasteiger partial charge in [-0.15, -0.1) is 0 Å². The molecule has 0 aliphatic heterocycles. The van der Waals surface area contributed by atoms with E-state index in [0.29, 0.717) is 11.4 Å². The van der Waals surface area contributed by atoms with Crippen LogP contribution < -0.4 is 21.7 Å². The van der Waals surface area contributed by atoms with E-state index in [4.69, 9.17) is 5.73 Å². The summed E-state index contributed by atoms with van der Waals surface area (Å²) in [6.07, 6.45) is 3.35. The van der Waals surface area contributed by atoms with E-state index in [1.54, 1.807) is 29.2 Å². The molecule has 1 aromatic heterocycles. The molecule has 8 heteroatoms. The van der Waals surface area contributed by atoms with Crippen LogP contribution in [0.25, 0.3) is 0 Å². The van der Waals surface area contributed by atoms with Crippen molar-refractivity contribution in [3.05, 3.63) is 42.2 Å². The number of nitrogens with two attached hydrogens (primary N) is 1. The second-order valence-corrected chi connectivity index (χ2v) is 5.02. The molecule has 4 amide bonds. The maximum absolute atomic E-state index is 12.0. The van der Waals surface area contributed by atoms with Crippen molar-refractivity contribution in [2.24, 2.45) is 5.73 Å². The van der Waals surface area contributed by atoms with Gasteiger partial charge < -0.3 is 21.7 Å². The summed E-state index contributed by atoms with van der Waals surface area (Å²) in [5.41, 5.74) is 7.19. The molecule has 8 nitrogen and oxygen atoms in total. The number of carbonyl (C=O) groups excluding carboxylic acids is 2. The number of nitrogens with one attached hydrogen (secondary N) is 3. The van der Waals surface area contributed by atoms with Gasteiger partial charge in [-0.2, -0.15) is 5.10 Å². The smallest absolute Gasteiger partial charge is 0.319 e. The second-order valence-electron chi connectivity index (χ2n) is 5.02. The molecule has 1 aromatic carbocycles. The first kappa shape index (κ1) is 16.3. The number of hydrogen-bond acceptors (Lipinski definition) is 3. The first-order valence-corrected chi connectivity index (χ1v) is 7.24. The molecule has 0 saturated carbocycles. The second kappa shape index (κ2) is 7.30. The van der Waals surface area contributed by atoms with Crippen LogP contribution in [0.4, 0.5) is 21.0 Å². The maximum Gasteiger partial charge on any atom is 0.319 e. The van der Waals surface area contributed by atoms with Gasteiger partial charge >= 0.3 is 12.1 Å². The Kier molecular flexibility index (Phi) is 5.19. The molecule has 23 heavy (non-hydrogen) atoms. The fraction of sp³-hybridized carbons (Fsp3) is 0.267. The van der Waals surface area contributed by atoms with Gasteiger partial charge in [-0.25, -0.2) is 9.59 Å². The highest BCUT2D eigenvalue weighted by Gasteiger charge is 2.10. The zero-order chi connectivity index (χ0) is 16.8. The largest absolute Gasteiger partial charge is 0.351 e. The summed E-state index contributed by atoms with van der Waals surface area (Å²) in [6, 6.07) is 5.95. The van der Waals surface area contributed by atoms with Crippen LogP contribution in [0.1, 0.15) is 25.5 Å². The molecule has 0 unspecified atom stereocenters. The van der Waals surface area contributed by atoms with Gasteiger partial charge in [0.05, 0.1) is 17.9 Å². The van der Waals surface area contributed by atoms with Crippen LogP contribution in [0.15, 0.2) is 36.7 Å². The number of benzene rings is 1. The van der Waals surface area contributed by atoms with Crippen molar-refractivity contribution in [3.8, 4) is 0 Å². The van der Waals surface area contributed by atoms with Crippen LogP contribution in [-0.4, -0.2) is 21.8 Å². The lowest BCUT2D eigenvalue weighted by Gasteiger charge is -2.15. The molecule has 0 aliphatic rings. The van der Waals surface area contributed by atoms with Crippen molar-refractivity contribution in [3.63, 3.8) is 0 Å². The normalized spacial score (nSPS) is 11.6. The number of urea groups is 2. The number of carbonyl (C=O) groups is 2. The molecule has 0 bridgehead atoms. The Morgan fingerprint density at radius 3 is 2.48 bits per heavy atom. The minimum Gasteiger partial charge on any atom is -0.351 e. The Morgan fingerprint density at radius 2 is 1.91 bits per heavy atom. The standard InChI is InChI=1S/C15H20N6O2/c1-3-21-9-13(8-17-21)20-15(23)18-10(2)11-4-6-12(7-5-11)19-14(16)22/h4-10H,3H2,1-2H3,(H3,16,19,22)(H2,18,20,23)/t10-/m0/s1. The van der Waals surface area contributed by atoms with Gasteiger partial charge in [0, 0.05) is 18.4 Å². The van der Waals surface area contributed by atoms with Crippen molar-refractivity contribution in [2.75, 3.05) is 10.6 Å². The molecule has 0 fully saturated rings. The molecular weight excluding hydrogens is 296 g/mol. The Balaban J connectivity index is 1.91. The highest BCUT2D eigenvalue weighted by molar-refractivity contribution is 5.89. The lowest BCUT2D eigenvalue weighted by molar-refractivity contribution is 0.249. The molecule has 0 saturated heterocycles. The summed E-state index contributed by atoms with van der Waals surface area (Å²) in [7, 11) is 0. The van der Waals surface area contributed by atoms with Crippen LogP contribution in [0.5, 0.6) is 0 Å². The average Bonchev–Trinajstić information content (AvgIpc) is 2.94. The first-order chi connectivity index (χ1) is 11.0. The monoisotopic (exact) mass is 316 g/mol. The third-order valence-electron chi connectivity index (χ3n) is 3.24. The first-order valence-electron chi connectivity index (χ1n) is 7.24. The van der Waals surface area contributed by atoms with Crippen LogP contribution in [0.2, 0.25) is 0 Å². The zero-order valence-corrected chi connectivity index (χ0v) is 13.0. The van der Waals surface area contributed by atoms with Gasteiger partial charge in [0.2, 0.25) is 0 Å². The quantitative estimate of drug-likeness (QED) is 0.678. The van der Waals surface area contributed by atoms with E-state index < -0.39 is 6.03 Å². The highest BCUT2D eigenvalue weighted by Crippen LogP contribution is 2.16. The Hall–Kier alpha value is -3.03. The number of aromatic nitrogens is 2. The summed E-state index contributed by atoms with van der Waals surface area (Å²) in [5.74, 6) is 0. The van der Waals surface area contributed by atoms with Crippen molar-refractivity contribution in [1.82, 2.24) is 15.1 Å². The fourth-order valence-corrected chi connectivity index (χ4v) is 2.05. The average molecular weight is 316 g/mol. The van der Waals surface area contributed by atoms with E-state index >= 15 is 0 Å². The molecule has 0 aliphatic carbocycles. The van der Waals surface area contributed by atoms with E-state index in [1.165, 1.54) is 0 Å². The number of nitrogens with zero attached hydrogens (tertiary/aromatic N) is 2. The van der Waals surface area contributed by atoms with Crippen LogP contribution >= 0.6 is 0 Å². The molecule has 2 aromatic rings. The third kappa shape index (κ3) is 4.73. The van der Waals surface area contributed by atoms with Gasteiger partial charge in [0.15, 0.2) is 0 Å². The van der Waals surface area contributed by atoms with E-state index in [2.05, 4.69) is 21.0 Å². The molecule has 0 spiro atoms. The molecule has 122 valence electrons. The predicted octanol–water partition coefficient (Wildman–Crippen LogP) is 2.28. The Bertz CT molecular complexity index is 680. The molecule has 1 atom stereocenters. The number of anilines is 2. The van der Waals surface area contributed by atoms with E-state index in [1.807, 2.05) is 26.0 Å². The molecule has 2 rings (SSSR count). The lowest BCUT2D eigenvalue weighted by atomic mass is 10.1. The number of aryl methyl sites for hydroxylation is 1. The summed E-state index contributed by atoms with van der Waals surface area (Å²) in [5, 5.41) is 12.1. The van der Waals surface area contributed by atoms with Gasteiger partial charge in [-0.3, -0.25) is 4.68 Å². The molecule has 5 N–H and O–H groups in total. The summed E-state index contributed by atoms with van der Waals surface area (Å²) >= 11 is 0. The van der Waals surface area contributed by atoms with Gasteiger partial charge in [-0.1, -0.05) is 12.1 Å².